The predicted molar refractivity (Wildman–Crippen MR) is 89.8 cm³/mol. The van der Waals surface area contributed by atoms with E-state index in [4.69, 9.17) is 4.74 Å². The molecule has 0 radical (unpaired) electrons. The summed E-state index contributed by atoms with van der Waals surface area (Å²) >= 11 is 0. The molecule has 132 valence electrons. The third-order valence-electron chi connectivity index (χ3n) is 4.18. The van der Waals surface area contributed by atoms with Crippen LogP contribution in [0.2, 0.25) is 0 Å². The van der Waals surface area contributed by atoms with Crippen molar-refractivity contribution in [2.45, 2.75) is 19.2 Å². The number of carbonyl (C=O) groups excluding carboxylic acids is 1. The fraction of sp³-hybridized carbons (Fsp3) is 0.316. The molecule has 0 bridgehead atoms. The van der Waals surface area contributed by atoms with Gasteiger partial charge in [0.15, 0.2) is 0 Å². The molecule has 6 heteroatoms. The van der Waals surface area contributed by atoms with Gasteiger partial charge in [0.05, 0.1) is 6.54 Å². The second-order valence-corrected chi connectivity index (χ2v) is 6.28. The fourth-order valence-corrected chi connectivity index (χ4v) is 2.95. The Morgan fingerprint density at radius 1 is 1.16 bits per heavy atom. The van der Waals surface area contributed by atoms with E-state index in [-0.39, 0.29) is 12.2 Å². The van der Waals surface area contributed by atoms with E-state index in [1.165, 1.54) is 17.0 Å². The molecule has 1 atom stereocenters. The smallest absolute Gasteiger partial charge is 0.410 e. The van der Waals surface area contributed by atoms with Crippen LogP contribution in [0.4, 0.5) is 13.6 Å². The summed E-state index contributed by atoms with van der Waals surface area (Å²) < 4.78 is 32.5. The second kappa shape index (κ2) is 7.61. The van der Waals surface area contributed by atoms with Crippen molar-refractivity contribution in [1.29, 1.82) is 0 Å². The van der Waals surface area contributed by atoms with Crippen LogP contribution in [0.25, 0.3) is 0 Å². The molecule has 1 fully saturated rings. The largest absolute Gasteiger partial charge is 0.443 e. The van der Waals surface area contributed by atoms with Crippen LogP contribution < -0.4 is 0 Å². The first-order valence-corrected chi connectivity index (χ1v) is 8.13. The molecule has 0 unspecified atom stereocenters. The lowest BCUT2D eigenvalue weighted by molar-refractivity contribution is 0.101. The SMILES string of the molecule is CN1C[C@@H](CN(Cc2ccccc2)Cc2ccc(F)cc2F)OC1=O. The molecule has 4 nitrogen and oxygen atoms in total. The maximum atomic E-state index is 14.0. The van der Waals surface area contributed by atoms with Gasteiger partial charge in [-0.05, 0) is 11.6 Å². The highest BCUT2D eigenvalue weighted by Crippen LogP contribution is 2.17. The van der Waals surface area contributed by atoms with Crippen molar-refractivity contribution in [3.63, 3.8) is 0 Å². The van der Waals surface area contributed by atoms with E-state index >= 15 is 0 Å². The van der Waals surface area contributed by atoms with E-state index in [0.717, 1.165) is 11.6 Å². The number of halogens is 2. The van der Waals surface area contributed by atoms with Gasteiger partial charge in [-0.3, -0.25) is 4.90 Å². The Hall–Kier alpha value is -2.47. The van der Waals surface area contributed by atoms with Crippen LogP contribution >= 0.6 is 0 Å². The molecule has 3 rings (SSSR count). The number of hydrogen-bond acceptors (Lipinski definition) is 3. The van der Waals surface area contributed by atoms with Crippen LogP contribution in [0, 0.1) is 11.6 Å². The third-order valence-corrected chi connectivity index (χ3v) is 4.18. The highest BCUT2D eigenvalue weighted by atomic mass is 19.1. The lowest BCUT2D eigenvalue weighted by Gasteiger charge is -2.25. The molecule has 1 heterocycles. The summed E-state index contributed by atoms with van der Waals surface area (Å²) in [6.45, 7) is 1.85. The number of likely N-dealkylation sites (N-methyl/N-ethyl adjacent to an activating group) is 1. The van der Waals surface area contributed by atoms with Gasteiger partial charge in [0, 0.05) is 38.3 Å². The monoisotopic (exact) mass is 346 g/mol. The average Bonchev–Trinajstić information content (AvgIpc) is 2.89. The van der Waals surface area contributed by atoms with Crippen LogP contribution in [0.15, 0.2) is 48.5 Å². The summed E-state index contributed by atoms with van der Waals surface area (Å²) in [7, 11) is 1.68. The van der Waals surface area contributed by atoms with Crippen LogP contribution in [-0.2, 0) is 17.8 Å². The summed E-state index contributed by atoms with van der Waals surface area (Å²) in [5.74, 6) is -1.17. The maximum Gasteiger partial charge on any atom is 0.410 e. The van der Waals surface area contributed by atoms with E-state index in [9.17, 15) is 13.6 Å². The predicted octanol–water partition coefficient (Wildman–Crippen LogP) is 3.42. The molecular weight excluding hydrogens is 326 g/mol. The van der Waals surface area contributed by atoms with Crippen LogP contribution in [0.5, 0.6) is 0 Å². The minimum Gasteiger partial charge on any atom is -0.443 e. The molecule has 2 aromatic carbocycles. The third kappa shape index (κ3) is 4.54. The van der Waals surface area contributed by atoms with Crippen LogP contribution in [0.3, 0.4) is 0 Å². The normalized spacial score (nSPS) is 17.2. The highest BCUT2D eigenvalue weighted by Gasteiger charge is 2.30. The average molecular weight is 346 g/mol. The number of nitrogens with zero attached hydrogens (tertiary/aromatic N) is 2. The number of carbonyl (C=O) groups is 1. The summed E-state index contributed by atoms with van der Waals surface area (Å²) in [5, 5.41) is 0. The Balaban J connectivity index is 1.75. The van der Waals surface area contributed by atoms with E-state index in [0.29, 0.717) is 31.7 Å². The molecule has 0 spiro atoms. The Morgan fingerprint density at radius 2 is 1.92 bits per heavy atom. The molecular formula is C19H20F2N2O2. The molecule has 0 saturated carbocycles. The maximum absolute atomic E-state index is 14.0. The summed E-state index contributed by atoms with van der Waals surface area (Å²) in [6, 6.07) is 13.4. The number of ether oxygens (including phenoxy) is 1. The fourth-order valence-electron chi connectivity index (χ4n) is 2.95. The summed E-state index contributed by atoms with van der Waals surface area (Å²) in [4.78, 5) is 15.1. The molecule has 2 aromatic rings. The number of benzene rings is 2. The van der Waals surface area contributed by atoms with Gasteiger partial charge < -0.3 is 9.64 Å². The second-order valence-electron chi connectivity index (χ2n) is 6.28. The standard InChI is InChI=1S/C19H20F2N2O2/c1-22-12-17(25-19(22)24)13-23(10-14-5-3-2-4-6-14)11-15-7-8-16(20)9-18(15)21/h2-9,17H,10-13H2,1H3/t17-/m0/s1. The van der Waals surface area contributed by atoms with Crippen LogP contribution in [-0.4, -0.2) is 42.1 Å². The van der Waals surface area contributed by atoms with Crippen molar-refractivity contribution in [2.24, 2.45) is 0 Å². The van der Waals surface area contributed by atoms with E-state index < -0.39 is 11.6 Å². The molecule has 1 aliphatic heterocycles. The number of rotatable bonds is 6. The molecule has 0 aliphatic carbocycles. The van der Waals surface area contributed by atoms with Crippen molar-refractivity contribution >= 4 is 6.09 Å². The van der Waals surface area contributed by atoms with Crippen molar-refractivity contribution in [2.75, 3.05) is 20.1 Å². The van der Waals surface area contributed by atoms with E-state index in [1.807, 2.05) is 35.2 Å². The van der Waals surface area contributed by atoms with E-state index in [2.05, 4.69) is 0 Å². The van der Waals surface area contributed by atoms with Crippen molar-refractivity contribution in [3.8, 4) is 0 Å². The summed E-state index contributed by atoms with van der Waals surface area (Å²) in [5.41, 5.74) is 1.48. The lowest BCUT2D eigenvalue weighted by Crippen LogP contribution is -2.34. The molecule has 0 N–H and O–H groups in total. The van der Waals surface area contributed by atoms with Gasteiger partial charge in [-0.1, -0.05) is 36.4 Å². The van der Waals surface area contributed by atoms with Gasteiger partial charge in [-0.15, -0.1) is 0 Å². The van der Waals surface area contributed by atoms with Crippen molar-refractivity contribution in [1.82, 2.24) is 9.80 Å². The molecule has 1 aliphatic rings. The molecule has 25 heavy (non-hydrogen) atoms. The first kappa shape index (κ1) is 17.4. The Bertz CT molecular complexity index is 739. The molecule has 0 aromatic heterocycles. The molecule has 1 saturated heterocycles. The molecule has 1 amide bonds. The minimum absolute atomic E-state index is 0.273. The zero-order valence-corrected chi connectivity index (χ0v) is 14.0. The number of cyclic esters (lactones) is 1. The Morgan fingerprint density at radius 3 is 2.56 bits per heavy atom. The zero-order valence-electron chi connectivity index (χ0n) is 14.0. The van der Waals surface area contributed by atoms with Gasteiger partial charge in [0.1, 0.15) is 17.7 Å². The van der Waals surface area contributed by atoms with Crippen molar-refractivity contribution < 1.29 is 18.3 Å². The van der Waals surface area contributed by atoms with Gasteiger partial charge in [-0.2, -0.15) is 0 Å². The first-order valence-electron chi connectivity index (χ1n) is 8.13. The van der Waals surface area contributed by atoms with Gasteiger partial charge in [-0.25, -0.2) is 13.6 Å². The Kier molecular flexibility index (Phi) is 5.28. The quantitative estimate of drug-likeness (QED) is 0.803. The number of amides is 1. The van der Waals surface area contributed by atoms with Gasteiger partial charge in [0.2, 0.25) is 0 Å². The highest BCUT2D eigenvalue weighted by molar-refractivity contribution is 5.69. The topological polar surface area (TPSA) is 32.8 Å². The van der Waals surface area contributed by atoms with Gasteiger partial charge >= 0.3 is 6.09 Å². The zero-order chi connectivity index (χ0) is 17.8. The van der Waals surface area contributed by atoms with E-state index in [1.54, 1.807) is 7.05 Å². The van der Waals surface area contributed by atoms with Gasteiger partial charge in [0.25, 0.3) is 0 Å². The number of hydrogen-bond donors (Lipinski definition) is 0. The minimum atomic E-state index is -0.595. The first-order chi connectivity index (χ1) is 12.0. The van der Waals surface area contributed by atoms with Crippen molar-refractivity contribution in [3.05, 3.63) is 71.3 Å². The van der Waals surface area contributed by atoms with Crippen LogP contribution in [0.1, 0.15) is 11.1 Å². The summed E-state index contributed by atoms with van der Waals surface area (Å²) in [6.07, 6.45) is -0.623. The lowest BCUT2D eigenvalue weighted by atomic mass is 10.1. The Labute approximate surface area is 145 Å².